The second kappa shape index (κ2) is 5.71. The van der Waals surface area contributed by atoms with E-state index in [4.69, 9.17) is 0 Å². The van der Waals surface area contributed by atoms with Crippen molar-refractivity contribution in [2.24, 2.45) is 5.41 Å². The van der Waals surface area contributed by atoms with Crippen molar-refractivity contribution in [3.8, 4) is 6.07 Å². The summed E-state index contributed by atoms with van der Waals surface area (Å²) in [6, 6.07) is 2.24. The first kappa shape index (κ1) is 15.0. The Labute approximate surface area is 110 Å². The fourth-order valence-electron chi connectivity index (χ4n) is 2.63. The normalized spacial score (nSPS) is 19.1. The molecule has 0 heterocycles. The summed E-state index contributed by atoms with van der Waals surface area (Å²) in [5, 5.41) is 19.2. The molecule has 0 aromatic carbocycles. The molecule has 18 heavy (non-hydrogen) atoms. The highest BCUT2D eigenvalue weighted by Crippen LogP contribution is 2.37. The molecule has 1 aliphatic carbocycles. The summed E-state index contributed by atoms with van der Waals surface area (Å²) in [5.74, 6) is -0.102. The summed E-state index contributed by atoms with van der Waals surface area (Å²) < 4.78 is 0. The van der Waals surface area contributed by atoms with Crippen LogP contribution >= 0.6 is 0 Å². The molecule has 0 saturated heterocycles. The highest BCUT2D eigenvalue weighted by atomic mass is 16.3. The first-order chi connectivity index (χ1) is 8.34. The monoisotopic (exact) mass is 252 g/mol. The smallest absolute Gasteiger partial charge is 0.243 e. The molecule has 1 aliphatic rings. The molecular formula is C14H24N2O2. The second-order valence-electron chi connectivity index (χ2n) is 5.89. The topological polar surface area (TPSA) is 64.3 Å². The Morgan fingerprint density at radius 3 is 2.33 bits per heavy atom. The third-order valence-electron chi connectivity index (χ3n) is 3.58. The van der Waals surface area contributed by atoms with Gasteiger partial charge in [0.05, 0.1) is 11.7 Å². The van der Waals surface area contributed by atoms with Gasteiger partial charge in [0.25, 0.3) is 0 Å². The number of hydrogen-bond acceptors (Lipinski definition) is 3. The minimum Gasteiger partial charge on any atom is -0.389 e. The van der Waals surface area contributed by atoms with Gasteiger partial charge in [-0.3, -0.25) is 4.79 Å². The van der Waals surface area contributed by atoms with Crippen LogP contribution < -0.4 is 0 Å². The van der Waals surface area contributed by atoms with Gasteiger partial charge in [0.15, 0.2) is 0 Å². The van der Waals surface area contributed by atoms with Crippen LogP contribution in [0, 0.1) is 16.7 Å². The summed E-state index contributed by atoms with van der Waals surface area (Å²) in [6.07, 6.45) is 4.31. The minimum atomic E-state index is -0.920. The van der Waals surface area contributed by atoms with E-state index < -0.39 is 11.0 Å². The molecule has 1 amide bonds. The van der Waals surface area contributed by atoms with Crippen LogP contribution in [0.25, 0.3) is 0 Å². The molecule has 1 fully saturated rings. The Morgan fingerprint density at radius 2 is 1.94 bits per heavy atom. The summed E-state index contributed by atoms with van der Waals surface area (Å²) in [6.45, 7) is 6.07. The van der Waals surface area contributed by atoms with Crippen LogP contribution in [0.5, 0.6) is 0 Å². The molecule has 0 aromatic rings. The van der Waals surface area contributed by atoms with Crippen LogP contribution in [0.2, 0.25) is 0 Å². The number of hydrogen-bond donors (Lipinski definition) is 1. The Balaban J connectivity index is 2.85. The highest BCUT2D eigenvalue weighted by Gasteiger charge is 2.42. The van der Waals surface area contributed by atoms with Crippen LogP contribution in [0.3, 0.4) is 0 Å². The van der Waals surface area contributed by atoms with Gasteiger partial charge in [0.1, 0.15) is 5.41 Å². The molecule has 0 spiro atoms. The van der Waals surface area contributed by atoms with Crippen molar-refractivity contribution >= 4 is 5.91 Å². The molecule has 0 bridgehead atoms. The largest absolute Gasteiger partial charge is 0.389 e. The predicted molar refractivity (Wildman–Crippen MR) is 69.7 cm³/mol. The van der Waals surface area contributed by atoms with E-state index in [1.807, 2.05) is 6.92 Å². The standard InChI is InChI=1S/C14H24N2O2/c1-4-16(11-13(2,3)18)12(17)14(10-15)8-6-5-7-9-14/h18H,4-9,11H2,1-3H3. The van der Waals surface area contributed by atoms with Crippen molar-refractivity contribution in [1.29, 1.82) is 5.26 Å². The van der Waals surface area contributed by atoms with Gasteiger partial charge in [-0.1, -0.05) is 19.3 Å². The third kappa shape index (κ3) is 3.46. The van der Waals surface area contributed by atoms with Crippen molar-refractivity contribution in [3.05, 3.63) is 0 Å². The van der Waals surface area contributed by atoms with Crippen molar-refractivity contribution in [2.75, 3.05) is 13.1 Å². The lowest BCUT2D eigenvalue weighted by Gasteiger charge is -2.36. The second-order valence-corrected chi connectivity index (χ2v) is 5.89. The van der Waals surface area contributed by atoms with Gasteiger partial charge in [-0.05, 0) is 33.6 Å². The maximum Gasteiger partial charge on any atom is 0.243 e. The van der Waals surface area contributed by atoms with Crippen LogP contribution in [0.4, 0.5) is 0 Å². The zero-order valence-corrected chi connectivity index (χ0v) is 11.7. The average Bonchev–Trinajstić information content (AvgIpc) is 2.35. The van der Waals surface area contributed by atoms with Crippen molar-refractivity contribution < 1.29 is 9.90 Å². The van der Waals surface area contributed by atoms with E-state index >= 15 is 0 Å². The Bertz CT molecular complexity index is 333. The van der Waals surface area contributed by atoms with Gasteiger partial charge < -0.3 is 10.0 Å². The van der Waals surface area contributed by atoms with Gasteiger partial charge in [-0.2, -0.15) is 5.26 Å². The van der Waals surface area contributed by atoms with Gasteiger partial charge in [-0.25, -0.2) is 0 Å². The number of likely N-dealkylation sites (N-methyl/N-ethyl adjacent to an activating group) is 1. The van der Waals surface area contributed by atoms with Crippen LogP contribution in [-0.2, 0) is 4.79 Å². The Morgan fingerprint density at radius 1 is 1.39 bits per heavy atom. The number of carbonyl (C=O) groups excluding carboxylic acids is 1. The lowest BCUT2D eigenvalue weighted by atomic mass is 9.74. The van der Waals surface area contributed by atoms with Gasteiger partial charge in [-0.15, -0.1) is 0 Å². The molecule has 0 aliphatic heterocycles. The van der Waals surface area contributed by atoms with Crippen LogP contribution in [0.15, 0.2) is 0 Å². The molecule has 0 atom stereocenters. The van der Waals surface area contributed by atoms with Crippen LogP contribution in [-0.4, -0.2) is 34.6 Å². The molecule has 1 rings (SSSR count). The average molecular weight is 252 g/mol. The van der Waals surface area contributed by atoms with Gasteiger partial charge in [0.2, 0.25) is 5.91 Å². The molecule has 102 valence electrons. The lowest BCUT2D eigenvalue weighted by Crippen LogP contribution is -2.49. The zero-order chi connectivity index (χ0) is 13.8. The number of rotatable bonds is 4. The molecule has 1 saturated carbocycles. The lowest BCUT2D eigenvalue weighted by molar-refractivity contribution is -0.143. The quantitative estimate of drug-likeness (QED) is 0.833. The fourth-order valence-corrected chi connectivity index (χ4v) is 2.63. The minimum absolute atomic E-state index is 0.102. The molecule has 0 radical (unpaired) electrons. The fraction of sp³-hybridized carbons (Fsp3) is 0.857. The maximum atomic E-state index is 12.6. The van der Waals surface area contributed by atoms with E-state index in [2.05, 4.69) is 6.07 Å². The van der Waals surface area contributed by atoms with Crippen molar-refractivity contribution in [2.45, 2.75) is 58.5 Å². The van der Waals surface area contributed by atoms with Crippen molar-refractivity contribution in [3.63, 3.8) is 0 Å². The molecule has 4 nitrogen and oxygen atoms in total. The molecule has 0 aromatic heterocycles. The van der Waals surface area contributed by atoms with Gasteiger partial charge >= 0.3 is 0 Å². The van der Waals surface area contributed by atoms with Crippen LogP contribution in [0.1, 0.15) is 52.9 Å². The first-order valence-corrected chi connectivity index (χ1v) is 6.78. The number of aliphatic hydroxyl groups is 1. The molecule has 0 unspecified atom stereocenters. The number of amides is 1. The summed E-state index contributed by atoms with van der Waals surface area (Å²) in [7, 11) is 0. The van der Waals surface area contributed by atoms with Gasteiger partial charge in [0, 0.05) is 13.1 Å². The van der Waals surface area contributed by atoms with E-state index in [1.54, 1.807) is 18.7 Å². The van der Waals surface area contributed by atoms with E-state index in [1.165, 1.54) is 0 Å². The highest BCUT2D eigenvalue weighted by molar-refractivity contribution is 5.85. The molecule has 4 heteroatoms. The SMILES string of the molecule is CCN(CC(C)(C)O)C(=O)C1(C#N)CCCCC1. The summed E-state index contributed by atoms with van der Waals surface area (Å²) in [4.78, 5) is 14.2. The third-order valence-corrected chi connectivity index (χ3v) is 3.58. The number of nitriles is 1. The van der Waals surface area contributed by atoms with Crippen molar-refractivity contribution in [1.82, 2.24) is 4.90 Å². The molecular weight excluding hydrogens is 228 g/mol. The molecule has 1 N–H and O–H groups in total. The summed E-state index contributed by atoms with van der Waals surface area (Å²) >= 11 is 0. The predicted octanol–water partition coefficient (Wildman–Crippen LogP) is 2.08. The van der Waals surface area contributed by atoms with E-state index in [0.717, 1.165) is 19.3 Å². The van der Waals surface area contributed by atoms with E-state index in [0.29, 0.717) is 19.4 Å². The zero-order valence-electron chi connectivity index (χ0n) is 11.7. The Kier molecular flexibility index (Phi) is 4.75. The maximum absolute atomic E-state index is 12.6. The first-order valence-electron chi connectivity index (χ1n) is 6.78. The number of carbonyl (C=O) groups is 1. The van der Waals surface area contributed by atoms with E-state index in [9.17, 15) is 15.2 Å². The van der Waals surface area contributed by atoms with E-state index in [-0.39, 0.29) is 12.5 Å². The number of nitrogens with zero attached hydrogens (tertiary/aromatic N) is 2. The summed E-state index contributed by atoms with van der Waals surface area (Å²) in [5.41, 5.74) is -1.77. The Hall–Kier alpha value is -1.08.